The summed E-state index contributed by atoms with van der Waals surface area (Å²) in [6, 6.07) is 10.4. The molecule has 1 fully saturated rings. The minimum Gasteiger partial charge on any atom is -0.397 e. The van der Waals surface area contributed by atoms with Crippen LogP contribution in [0.1, 0.15) is 10.4 Å². The van der Waals surface area contributed by atoms with Gasteiger partial charge in [0.2, 0.25) is 0 Å². The van der Waals surface area contributed by atoms with Crippen molar-refractivity contribution in [3.05, 3.63) is 57.0 Å². The predicted octanol–water partition coefficient (Wildman–Crippen LogP) is 4.19. The van der Waals surface area contributed by atoms with Crippen molar-refractivity contribution in [3.63, 3.8) is 0 Å². The van der Waals surface area contributed by atoms with Crippen LogP contribution in [0, 0.1) is 0 Å². The van der Waals surface area contributed by atoms with E-state index in [4.69, 9.17) is 40.5 Å². The minimum atomic E-state index is -0.116. The Bertz CT molecular complexity index is 753. The number of piperazine rings is 1. The van der Waals surface area contributed by atoms with Crippen molar-refractivity contribution in [1.82, 2.24) is 4.90 Å². The number of hydrogen-bond donors (Lipinski definition) is 1. The first-order chi connectivity index (χ1) is 11.5. The SMILES string of the molecule is Nc1cccc(Cl)c1N1CCN(C(=O)c2cc(Cl)ccc2Cl)CC1. The number of amides is 1. The van der Waals surface area contributed by atoms with Gasteiger partial charge in [0.1, 0.15) is 0 Å². The highest BCUT2D eigenvalue weighted by molar-refractivity contribution is 6.35. The zero-order chi connectivity index (χ0) is 17.3. The van der Waals surface area contributed by atoms with E-state index in [-0.39, 0.29) is 5.91 Å². The normalized spacial score (nSPS) is 14.8. The average Bonchev–Trinajstić information content (AvgIpc) is 2.57. The molecule has 2 aromatic carbocycles. The molecule has 1 saturated heterocycles. The van der Waals surface area contributed by atoms with E-state index in [2.05, 4.69) is 4.90 Å². The fourth-order valence-corrected chi connectivity index (χ4v) is 3.50. The molecule has 0 radical (unpaired) electrons. The third kappa shape index (κ3) is 3.41. The summed E-state index contributed by atoms with van der Waals surface area (Å²) < 4.78 is 0. The van der Waals surface area contributed by atoms with Crippen molar-refractivity contribution >= 4 is 52.1 Å². The van der Waals surface area contributed by atoms with Gasteiger partial charge in [0.25, 0.3) is 5.91 Å². The Morgan fingerprint density at radius 1 is 0.958 bits per heavy atom. The number of nitrogens with zero attached hydrogens (tertiary/aromatic N) is 2. The molecule has 1 amide bonds. The first-order valence-electron chi connectivity index (χ1n) is 7.50. The maximum Gasteiger partial charge on any atom is 0.255 e. The summed E-state index contributed by atoms with van der Waals surface area (Å²) in [7, 11) is 0. The van der Waals surface area contributed by atoms with E-state index in [1.54, 1.807) is 23.1 Å². The third-order valence-electron chi connectivity index (χ3n) is 4.06. The smallest absolute Gasteiger partial charge is 0.255 e. The molecule has 0 unspecified atom stereocenters. The fraction of sp³-hybridized carbons (Fsp3) is 0.235. The molecule has 2 aromatic rings. The van der Waals surface area contributed by atoms with E-state index in [0.717, 1.165) is 5.69 Å². The predicted molar refractivity (Wildman–Crippen MR) is 100 cm³/mol. The van der Waals surface area contributed by atoms with Crippen LogP contribution >= 0.6 is 34.8 Å². The first kappa shape index (κ1) is 17.2. The second-order valence-corrected chi connectivity index (χ2v) is 6.83. The maximum absolute atomic E-state index is 12.7. The fourth-order valence-electron chi connectivity index (χ4n) is 2.83. The molecule has 24 heavy (non-hydrogen) atoms. The van der Waals surface area contributed by atoms with Crippen LogP contribution in [0.25, 0.3) is 0 Å². The van der Waals surface area contributed by atoms with Gasteiger partial charge in [-0.15, -0.1) is 0 Å². The molecule has 0 atom stereocenters. The van der Waals surface area contributed by atoms with E-state index < -0.39 is 0 Å². The number of hydrogen-bond acceptors (Lipinski definition) is 3. The number of anilines is 2. The van der Waals surface area contributed by atoms with Gasteiger partial charge < -0.3 is 15.5 Å². The minimum absolute atomic E-state index is 0.116. The second-order valence-electron chi connectivity index (χ2n) is 5.58. The summed E-state index contributed by atoms with van der Waals surface area (Å²) in [5, 5.41) is 1.51. The monoisotopic (exact) mass is 383 g/mol. The van der Waals surface area contributed by atoms with Crippen molar-refractivity contribution in [1.29, 1.82) is 0 Å². The molecule has 4 nitrogen and oxygen atoms in total. The highest BCUT2D eigenvalue weighted by Gasteiger charge is 2.25. The Labute approximate surface area is 155 Å². The van der Waals surface area contributed by atoms with Crippen LogP contribution in [0.2, 0.25) is 15.1 Å². The number of halogens is 3. The number of nitrogen functional groups attached to an aromatic ring is 1. The molecule has 126 valence electrons. The quantitative estimate of drug-likeness (QED) is 0.790. The second kappa shape index (κ2) is 7.09. The van der Waals surface area contributed by atoms with Crippen LogP contribution in [0.15, 0.2) is 36.4 Å². The lowest BCUT2D eigenvalue weighted by Gasteiger charge is -2.37. The summed E-state index contributed by atoms with van der Waals surface area (Å²) in [5.74, 6) is -0.116. The third-order valence-corrected chi connectivity index (χ3v) is 4.93. The first-order valence-corrected chi connectivity index (χ1v) is 8.64. The molecular formula is C17H16Cl3N3O. The Balaban J connectivity index is 1.73. The Hall–Kier alpha value is -1.62. The highest BCUT2D eigenvalue weighted by atomic mass is 35.5. The zero-order valence-corrected chi connectivity index (χ0v) is 15.1. The summed E-state index contributed by atoms with van der Waals surface area (Å²) in [6.07, 6.45) is 0. The lowest BCUT2D eigenvalue weighted by Crippen LogP contribution is -2.49. The molecular weight excluding hydrogens is 369 g/mol. The van der Waals surface area contributed by atoms with Gasteiger partial charge in [-0.25, -0.2) is 0 Å². The molecule has 7 heteroatoms. The van der Waals surface area contributed by atoms with E-state index in [1.165, 1.54) is 0 Å². The van der Waals surface area contributed by atoms with Crippen molar-refractivity contribution < 1.29 is 4.79 Å². The molecule has 1 aliphatic heterocycles. The largest absolute Gasteiger partial charge is 0.397 e. The van der Waals surface area contributed by atoms with Crippen molar-refractivity contribution in [2.75, 3.05) is 36.8 Å². The van der Waals surface area contributed by atoms with Crippen LogP contribution in [0.4, 0.5) is 11.4 Å². The summed E-state index contributed by atoms with van der Waals surface area (Å²) >= 11 is 18.4. The summed E-state index contributed by atoms with van der Waals surface area (Å²) in [5.41, 5.74) is 7.93. The van der Waals surface area contributed by atoms with Crippen LogP contribution in [-0.4, -0.2) is 37.0 Å². The molecule has 1 heterocycles. The topological polar surface area (TPSA) is 49.6 Å². The van der Waals surface area contributed by atoms with Crippen LogP contribution in [0.5, 0.6) is 0 Å². The molecule has 2 N–H and O–H groups in total. The lowest BCUT2D eigenvalue weighted by atomic mass is 10.1. The number of para-hydroxylation sites is 1. The zero-order valence-electron chi connectivity index (χ0n) is 12.8. The van der Waals surface area contributed by atoms with E-state index >= 15 is 0 Å². The van der Waals surface area contributed by atoms with Crippen LogP contribution < -0.4 is 10.6 Å². The van der Waals surface area contributed by atoms with Gasteiger partial charge in [-0.3, -0.25) is 4.79 Å². The van der Waals surface area contributed by atoms with Gasteiger partial charge in [-0.1, -0.05) is 40.9 Å². The molecule has 0 aliphatic carbocycles. The number of benzene rings is 2. The highest BCUT2D eigenvalue weighted by Crippen LogP contribution is 2.32. The summed E-state index contributed by atoms with van der Waals surface area (Å²) in [6.45, 7) is 2.42. The van der Waals surface area contributed by atoms with Gasteiger partial charge >= 0.3 is 0 Å². The van der Waals surface area contributed by atoms with Crippen molar-refractivity contribution in [2.45, 2.75) is 0 Å². The number of rotatable bonds is 2. The van der Waals surface area contributed by atoms with E-state index in [1.807, 2.05) is 18.2 Å². The maximum atomic E-state index is 12.7. The Morgan fingerprint density at radius 2 is 1.67 bits per heavy atom. The molecule has 0 spiro atoms. The lowest BCUT2D eigenvalue weighted by molar-refractivity contribution is 0.0747. The summed E-state index contributed by atoms with van der Waals surface area (Å²) in [4.78, 5) is 16.5. The van der Waals surface area contributed by atoms with Crippen LogP contribution in [-0.2, 0) is 0 Å². The standard InChI is InChI=1S/C17H16Cl3N3O/c18-11-4-5-13(19)12(10-11)17(24)23-8-6-22(7-9-23)16-14(20)2-1-3-15(16)21/h1-5,10H,6-9,21H2. The van der Waals surface area contributed by atoms with E-state index in [0.29, 0.717) is 52.5 Å². The number of carbonyl (C=O) groups excluding carboxylic acids is 1. The van der Waals surface area contributed by atoms with E-state index in [9.17, 15) is 4.79 Å². The average molecular weight is 385 g/mol. The number of nitrogens with two attached hydrogens (primary N) is 1. The Morgan fingerprint density at radius 3 is 2.33 bits per heavy atom. The van der Waals surface area contributed by atoms with Crippen molar-refractivity contribution in [2.24, 2.45) is 0 Å². The molecule has 0 saturated carbocycles. The molecule has 0 aromatic heterocycles. The van der Waals surface area contributed by atoms with Crippen LogP contribution in [0.3, 0.4) is 0 Å². The van der Waals surface area contributed by atoms with Gasteiger partial charge in [-0.05, 0) is 30.3 Å². The van der Waals surface area contributed by atoms with Gasteiger partial charge in [-0.2, -0.15) is 0 Å². The molecule has 3 rings (SSSR count). The van der Waals surface area contributed by atoms with Gasteiger partial charge in [0.15, 0.2) is 0 Å². The Kier molecular flexibility index (Phi) is 5.09. The molecule has 0 bridgehead atoms. The van der Waals surface area contributed by atoms with Crippen molar-refractivity contribution in [3.8, 4) is 0 Å². The van der Waals surface area contributed by atoms with Gasteiger partial charge in [0, 0.05) is 31.2 Å². The number of carbonyl (C=O) groups is 1. The van der Waals surface area contributed by atoms with Gasteiger partial charge in [0.05, 0.1) is 27.0 Å². The molecule has 1 aliphatic rings.